The second-order valence-corrected chi connectivity index (χ2v) is 6.32. The molecular weight excluding hydrogens is 284 g/mol. The number of hydrogen-bond donors (Lipinski definition) is 2. The monoisotopic (exact) mass is 306 g/mol. The quantitative estimate of drug-likeness (QED) is 0.860. The molecule has 1 amide bonds. The number of nitrogens with zero attached hydrogens (tertiary/aromatic N) is 2. The van der Waals surface area contributed by atoms with Crippen LogP contribution in [0.4, 0.5) is 5.69 Å². The molecule has 0 aliphatic heterocycles. The largest absolute Gasteiger partial charge is 0.325 e. The average Bonchev–Trinajstić information content (AvgIpc) is 2.87. The minimum atomic E-state index is -0.469. The van der Waals surface area contributed by atoms with Crippen molar-refractivity contribution in [3.63, 3.8) is 0 Å². The highest BCUT2D eigenvalue weighted by Crippen LogP contribution is 2.21. The number of thioether (sulfide) groups is 1. The Bertz CT molecular complexity index is 623. The first-order valence-corrected chi connectivity index (χ1v) is 8.45. The lowest BCUT2D eigenvalue weighted by atomic mass is 10.2. The molecule has 0 spiro atoms. The molecule has 3 N–H and O–H groups in total. The van der Waals surface area contributed by atoms with Crippen LogP contribution in [0.5, 0.6) is 0 Å². The van der Waals surface area contributed by atoms with Gasteiger partial charge in [-0.3, -0.25) is 9.48 Å². The highest BCUT2D eigenvalue weighted by molar-refractivity contribution is 7.98. The van der Waals surface area contributed by atoms with Crippen LogP contribution in [0, 0.1) is 0 Å². The number of rotatable bonds is 6. The van der Waals surface area contributed by atoms with Crippen molar-refractivity contribution < 1.29 is 4.79 Å². The smallest absolute Gasteiger partial charge is 0.241 e. The van der Waals surface area contributed by atoms with Crippen molar-refractivity contribution in [3.05, 3.63) is 24.4 Å². The molecule has 0 unspecified atom stereocenters. The van der Waals surface area contributed by atoms with Crippen molar-refractivity contribution in [3.8, 4) is 0 Å². The summed E-state index contributed by atoms with van der Waals surface area (Å²) in [6, 6.07) is 5.60. The Kier molecular flexibility index (Phi) is 5.25. The number of anilines is 1. The highest BCUT2D eigenvalue weighted by atomic mass is 32.2. The van der Waals surface area contributed by atoms with E-state index in [1.807, 2.05) is 35.3 Å². The summed E-state index contributed by atoms with van der Waals surface area (Å²) in [5, 5.41) is 8.31. The summed E-state index contributed by atoms with van der Waals surface area (Å²) in [4.78, 5) is 12.0. The highest BCUT2D eigenvalue weighted by Gasteiger charge is 2.14. The van der Waals surface area contributed by atoms with E-state index in [1.165, 1.54) is 0 Å². The molecule has 1 aromatic carbocycles. The number of nitrogens with one attached hydrogen (secondary N) is 1. The number of carbonyl (C=O) groups is 1. The van der Waals surface area contributed by atoms with Crippen LogP contribution < -0.4 is 11.1 Å². The molecule has 1 aromatic heterocycles. The Morgan fingerprint density at radius 3 is 2.90 bits per heavy atom. The maximum Gasteiger partial charge on any atom is 0.241 e. The standard InChI is InChI=1S/C15H22N4OS/c1-10(2)19-14-8-12(5-4-11(14)9-17-19)18-15(20)13(16)6-7-21-3/h4-5,8-10,13H,6-7,16H2,1-3H3,(H,18,20)/t13-/m0/s1. The van der Waals surface area contributed by atoms with Gasteiger partial charge in [0.25, 0.3) is 0 Å². The lowest BCUT2D eigenvalue weighted by Gasteiger charge is -2.12. The van der Waals surface area contributed by atoms with Crippen LogP contribution in [0.3, 0.4) is 0 Å². The predicted octanol–water partition coefficient (Wildman–Crippen LogP) is 2.64. The van der Waals surface area contributed by atoms with Crippen molar-refractivity contribution in [2.45, 2.75) is 32.4 Å². The van der Waals surface area contributed by atoms with E-state index >= 15 is 0 Å². The van der Waals surface area contributed by atoms with E-state index in [0.29, 0.717) is 6.42 Å². The minimum absolute atomic E-state index is 0.140. The first-order chi connectivity index (χ1) is 10.0. The van der Waals surface area contributed by atoms with Crippen LogP contribution in [0.25, 0.3) is 10.9 Å². The van der Waals surface area contributed by atoms with Gasteiger partial charge in [-0.05, 0) is 50.5 Å². The Balaban J connectivity index is 2.15. The molecule has 1 heterocycles. The summed E-state index contributed by atoms with van der Waals surface area (Å²) >= 11 is 1.69. The summed E-state index contributed by atoms with van der Waals surface area (Å²) in [7, 11) is 0. The maximum absolute atomic E-state index is 12.0. The van der Waals surface area contributed by atoms with Gasteiger partial charge in [0.15, 0.2) is 0 Å². The molecule has 114 valence electrons. The van der Waals surface area contributed by atoms with Crippen molar-refractivity contribution in [2.75, 3.05) is 17.3 Å². The molecule has 21 heavy (non-hydrogen) atoms. The fourth-order valence-corrected chi connectivity index (χ4v) is 2.63. The fourth-order valence-electron chi connectivity index (χ4n) is 2.14. The number of hydrogen-bond acceptors (Lipinski definition) is 4. The average molecular weight is 306 g/mol. The van der Waals surface area contributed by atoms with Gasteiger partial charge >= 0.3 is 0 Å². The summed E-state index contributed by atoms with van der Waals surface area (Å²) in [5.74, 6) is 0.743. The molecule has 0 aliphatic carbocycles. The first kappa shape index (κ1) is 15.9. The molecule has 0 radical (unpaired) electrons. The van der Waals surface area contributed by atoms with Gasteiger partial charge in [-0.2, -0.15) is 16.9 Å². The normalized spacial score (nSPS) is 12.8. The third-order valence-corrected chi connectivity index (χ3v) is 3.97. The number of amides is 1. The molecule has 0 saturated carbocycles. The third kappa shape index (κ3) is 3.77. The molecule has 1 atom stereocenters. The number of carbonyl (C=O) groups excluding carboxylic acids is 1. The van der Waals surface area contributed by atoms with Crippen molar-refractivity contribution >= 4 is 34.3 Å². The summed E-state index contributed by atoms with van der Waals surface area (Å²) in [6.45, 7) is 4.16. The lowest BCUT2D eigenvalue weighted by Crippen LogP contribution is -2.36. The van der Waals surface area contributed by atoms with Crippen LogP contribution in [0.1, 0.15) is 26.3 Å². The van der Waals surface area contributed by atoms with Crippen LogP contribution in [0.2, 0.25) is 0 Å². The maximum atomic E-state index is 12.0. The number of benzene rings is 1. The van der Waals surface area contributed by atoms with Gasteiger partial charge in [-0.15, -0.1) is 0 Å². The van der Waals surface area contributed by atoms with Crippen LogP contribution in [-0.2, 0) is 4.79 Å². The Morgan fingerprint density at radius 1 is 1.48 bits per heavy atom. The Labute approximate surface area is 129 Å². The van der Waals surface area contributed by atoms with Crippen LogP contribution >= 0.6 is 11.8 Å². The van der Waals surface area contributed by atoms with E-state index in [9.17, 15) is 4.79 Å². The molecule has 0 saturated heterocycles. The van der Waals surface area contributed by atoms with Crippen molar-refractivity contribution in [1.82, 2.24) is 9.78 Å². The van der Waals surface area contributed by atoms with E-state index in [-0.39, 0.29) is 11.9 Å². The molecular formula is C15H22N4OS. The van der Waals surface area contributed by atoms with Crippen LogP contribution in [-0.4, -0.2) is 33.7 Å². The van der Waals surface area contributed by atoms with Gasteiger partial charge in [0.2, 0.25) is 5.91 Å². The van der Waals surface area contributed by atoms with Gasteiger partial charge in [0.05, 0.1) is 17.8 Å². The second kappa shape index (κ2) is 6.95. The van der Waals surface area contributed by atoms with Gasteiger partial charge in [-0.25, -0.2) is 0 Å². The van der Waals surface area contributed by atoms with E-state index < -0.39 is 6.04 Å². The van der Waals surface area contributed by atoms with Gasteiger partial charge < -0.3 is 11.1 Å². The topological polar surface area (TPSA) is 72.9 Å². The molecule has 2 aromatic rings. The molecule has 6 heteroatoms. The second-order valence-electron chi connectivity index (χ2n) is 5.33. The van der Waals surface area contributed by atoms with Crippen LogP contribution in [0.15, 0.2) is 24.4 Å². The van der Waals surface area contributed by atoms with Gasteiger partial charge in [-0.1, -0.05) is 0 Å². The predicted molar refractivity (Wildman–Crippen MR) is 89.7 cm³/mol. The molecule has 0 bridgehead atoms. The number of nitrogens with two attached hydrogens (primary N) is 1. The van der Waals surface area contributed by atoms with E-state index in [1.54, 1.807) is 11.8 Å². The first-order valence-electron chi connectivity index (χ1n) is 7.05. The summed E-state index contributed by atoms with van der Waals surface area (Å²) in [5.41, 5.74) is 7.65. The lowest BCUT2D eigenvalue weighted by molar-refractivity contribution is -0.117. The Hall–Kier alpha value is -1.53. The number of fused-ring (bicyclic) bond motifs is 1. The van der Waals surface area contributed by atoms with E-state index in [0.717, 1.165) is 22.3 Å². The molecule has 2 rings (SSSR count). The van der Waals surface area contributed by atoms with E-state index in [2.05, 4.69) is 24.3 Å². The molecule has 0 aliphatic rings. The van der Waals surface area contributed by atoms with Gasteiger partial charge in [0.1, 0.15) is 0 Å². The fraction of sp³-hybridized carbons (Fsp3) is 0.467. The zero-order valence-electron chi connectivity index (χ0n) is 12.7. The number of aromatic nitrogens is 2. The minimum Gasteiger partial charge on any atom is -0.325 e. The Morgan fingerprint density at radius 2 is 2.24 bits per heavy atom. The summed E-state index contributed by atoms with van der Waals surface area (Å²) in [6.07, 6.45) is 4.52. The molecule has 0 fully saturated rings. The van der Waals surface area contributed by atoms with Gasteiger partial charge in [0, 0.05) is 17.1 Å². The third-order valence-electron chi connectivity index (χ3n) is 3.32. The zero-order valence-corrected chi connectivity index (χ0v) is 13.5. The van der Waals surface area contributed by atoms with Crippen molar-refractivity contribution in [1.29, 1.82) is 0 Å². The van der Waals surface area contributed by atoms with E-state index in [4.69, 9.17) is 5.73 Å². The van der Waals surface area contributed by atoms with Crippen molar-refractivity contribution in [2.24, 2.45) is 5.73 Å². The zero-order chi connectivity index (χ0) is 15.4. The SMILES string of the molecule is CSCC[C@H](N)C(=O)Nc1ccc2cnn(C(C)C)c2c1. The summed E-state index contributed by atoms with van der Waals surface area (Å²) < 4.78 is 1.94. The molecule has 5 nitrogen and oxygen atoms in total.